The zero-order valence-electron chi connectivity index (χ0n) is 11.4. The molecule has 19 heavy (non-hydrogen) atoms. The van der Waals surface area contributed by atoms with E-state index in [0.29, 0.717) is 6.04 Å². The summed E-state index contributed by atoms with van der Waals surface area (Å²) in [6, 6.07) is 8.77. The van der Waals surface area contributed by atoms with Gasteiger partial charge in [0.1, 0.15) is 0 Å². The van der Waals surface area contributed by atoms with Gasteiger partial charge in [0.2, 0.25) is 0 Å². The number of hydrogen-bond acceptors (Lipinski definition) is 3. The molecule has 1 aliphatic rings. The van der Waals surface area contributed by atoms with Gasteiger partial charge in [0.25, 0.3) is 0 Å². The van der Waals surface area contributed by atoms with Crippen LogP contribution < -0.4 is 0 Å². The fourth-order valence-corrected chi connectivity index (χ4v) is 2.86. The van der Waals surface area contributed by atoms with Gasteiger partial charge in [-0.1, -0.05) is 28.1 Å². The average molecular weight is 328 g/mol. The van der Waals surface area contributed by atoms with Gasteiger partial charge in [0.15, 0.2) is 0 Å². The number of halogens is 1. The summed E-state index contributed by atoms with van der Waals surface area (Å²) in [6.45, 7) is 5.32. The fourth-order valence-electron chi connectivity index (χ4n) is 2.60. The molecule has 0 saturated carbocycles. The Morgan fingerprint density at radius 2 is 2.05 bits per heavy atom. The second-order valence-electron chi connectivity index (χ2n) is 5.05. The first kappa shape index (κ1) is 15.0. The van der Waals surface area contributed by atoms with E-state index in [1.54, 1.807) is 0 Å². The van der Waals surface area contributed by atoms with E-state index in [1.807, 2.05) is 0 Å². The lowest BCUT2D eigenvalue weighted by Gasteiger charge is -2.39. The molecule has 3 nitrogen and oxygen atoms in total. The highest BCUT2D eigenvalue weighted by atomic mass is 79.9. The van der Waals surface area contributed by atoms with Crippen molar-refractivity contribution in [3.8, 4) is 0 Å². The van der Waals surface area contributed by atoms with Crippen LogP contribution in [0.4, 0.5) is 0 Å². The Kier molecular flexibility index (Phi) is 5.82. The third kappa shape index (κ3) is 4.02. The van der Waals surface area contributed by atoms with Gasteiger partial charge in [-0.25, -0.2) is 0 Å². The highest BCUT2D eigenvalue weighted by Crippen LogP contribution is 2.29. The molecule has 0 aliphatic carbocycles. The maximum absolute atomic E-state index is 8.87. The Hall–Kier alpha value is -0.420. The van der Waals surface area contributed by atoms with Gasteiger partial charge >= 0.3 is 0 Å². The Balaban J connectivity index is 1.99. The number of benzene rings is 1. The minimum Gasteiger partial charge on any atom is -0.396 e. The quantitative estimate of drug-likeness (QED) is 0.844. The first-order valence-corrected chi connectivity index (χ1v) is 7.73. The topological polar surface area (TPSA) is 32.7 Å². The van der Waals surface area contributed by atoms with Crippen molar-refractivity contribution in [2.45, 2.75) is 31.9 Å². The minimum absolute atomic E-state index is 0.149. The smallest absolute Gasteiger partial charge is 0.0977 e. The van der Waals surface area contributed by atoms with Crippen LogP contribution in [0.2, 0.25) is 0 Å². The van der Waals surface area contributed by atoms with E-state index in [4.69, 9.17) is 9.84 Å². The molecule has 1 aromatic carbocycles. The summed E-state index contributed by atoms with van der Waals surface area (Å²) < 4.78 is 7.04. The fraction of sp³-hybridized carbons (Fsp3) is 0.600. The Labute approximate surface area is 123 Å². The molecule has 0 amide bonds. The maximum Gasteiger partial charge on any atom is 0.0977 e. The van der Waals surface area contributed by atoms with Crippen LogP contribution in [0.15, 0.2) is 28.7 Å². The summed E-state index contributed by atoms with van der Waals surface area (Å²) in [6.07, 6.45) is 2.08. The van der Waals surface area contributed by atoms with Crippen molar-refractivity contribution in [2.24, 2.45) is 0 Å². The number of unbranched alkanes of at least 4 members (excludes halogenated alkanes) is 1. The Morgan fingerprint density at radius 1 is 1.32 bits per heavy atom. The number of aliphatic hydroxyl groups is 1. The lowest BCUT2D eigenvalue weighted by atomic mass is 10.0. The third-order valence-corrected chi connectivity index (χ3v) is 4.27. The molecule has 2 unspecified atom stereocenters. The third-order valence-electron chi connectivity index (χ3n) is 3.74. The SMILES string of the molecule is CC1C(c2ccc(Br)cc2)OCCN1CCCCO. The van der Waals surface area contributed by atoms with Gasteiger partial charge < -0.3 is 9.84 Å². The summed E-state index contributed by atoms with van der Waals surface area (Å²) in [5.74, 6) is 0. The van der Waals surface area contributed by atoms with Gasteiger partial charge in [0.05, 0.1) is 12.7 Å². The molecule has 0 spiro atoms. The predicted molar refractivity (Wildman–Crippen MR) is 80.2 cm³/mol. The molecule has 0 bridgehead atoms. The number of rotatable bonds is 5. The predicted octanol–water partition coefficient (Wildman–Crippen LogP) is 2.98. The molecule has 0 radical (unpaired) electrons. The molecule has 1 saturated heterocycles. The van der Waals surface area contributed by atoms with E-state index in [-0.39, 0.29) is 12.7 Å². The monoisotopic (exact) mass is 327 g/mol. The molecule has 1 aliphatic heterocycles. The van der Waals surface area contributed by atoms with Gasteiger partial charge in [-0.05, 0) is 44.0 Å². The first-order valence-electron chi connectivity index (χ1n) is 6.94. The normalized spacial score (nSPS) is 24.6. The molecule has 2 rings (SSSR count). The van der Waals surface area contributed by atoms with E-state index in [0.717, 1.165) is 37.0 Å². The summed E-state index contributed by atoms with van der Waals surface area (Å²) >= 11 is 3.46. The Morgan fingerprint density at radius 3 is 2.74 bits per heavy atom. The molecular weight excluding hydrogens is 306 g/mol. The van der Waals surface area contributed by atoms with E-state index in [1.165, 1.54) is 5.56 Å². The van der Waals surface area contributed by atoms with E-state index < -0.39 is 0 Å². The van der Waals surface area contributed by atoms with Crippen molar-refractivity contribution in [2.75, 3.05) is 26.3 Å². The van der Waals surface area contributed by atoms with E-state index >= 15 is 0 Å². The maximum atomic E-state index is 8.87. The largest absolute Gasteiger partial charge is 0.396 e. The molecule has 2 atom stereocenters. The van der Waals surface area contributed by atoms with Crippen molar-refractivity contribution in [3.63, 3.8) is 0 Å². The summed E-state index contributed by atoms with van der Waals surface area (Å²) in [7, 11) is 0. The highest BCUT2D eigenvalue weighted by Gasteiger charge is 2.29. The highest BCUT2D eigenvalue weighted by molar-refractivity contribution is 9.10. The summed E-state index contributed by atoms with van der Waals surface area (Å²) in [4.78, 5) is 2.46. The lowest BCUT2D eigenvalue weighted by molar-refractivity contribution is -0.0674. The van der Waals surface area contributed by atoms with Crippen LogP contribution in [-0.4, -0.2) is 42.4 Å². The molecule has 0 aromatic heterocycles. The molecule has 106 valence electrons. The van der Waals surface area contributed by atoms with Crippen molar-refractivity contribution in [3.05, 3.63) is 34.3 Å². The number of aliphatic hydroxyl groups excluding tert-OH is 1. The first-order chi connectivity index (χ1) is 9.22. The van der Waals surface area contributed by atoms with Crippen LogP contribution in [0, 0.1) is 0 Å². The van der Waals surface area contributed by atoms with Crippen LogP contribution in [-0.2, 0) is 4.74 Å². The second-order valence-corrected chi connectivity index (χ2v) is 5.97. The Bertz CT molecular complexity index is 382. The number of nitrogens with zero attached hydrogens (tertiary/aromatic N) is 1. The molecule has 1 N–H and O–H groups in total. The molecule has 1 aromatic rings. The molecule has 4 heteroatoms. The van der Waals surface area contributed by atoms with E-state index in [9.17, 15) is 0 Å². The van der Waals surface area contributed by atoms with Gasteiger partial charge in [0, 0.05) is 23.7 Å². The van der Waals surface area contributed by atoms with Crippen molar-refractivity contribution >= 4 is 15.9 Å². The average Bonchev–Trinajstić information content (AvgIpc) is 2.42. The zero-order chi connectivity index (χ0) is 13.7. The van der Waals surface area contributed by atoms with Crippen molar-refractivity contribution in [1.82, 2.24) is 4.90 Å². The second kappa shape index (κ2) is 7.39. The number of ether oxygens (including phenoxy) is 1. The van der Waals surface area contributed by atoms with Gasteiger partial charge in [-0.15, -0.1) is 0 Å². The molecular formula is C15H22BrNO2. The van der Waals surface area contributed by atoms with E-state index in [2.05, 4.69) is 52.0 Å². The van der Waals surface area contributed by atoms with Gasteiger partial charge in [-0.3, -0.25) is 4.90 Å². The number of hydrogen-bond donors (Lipinski definition) is 1. The van der Waals surface area contributed by atoms with Gasteiger partial charge in [-0.2, -0.15) is 0 Å². The molecule has 1 fully saturated rings. The van der Waals surface area contributed by atoms with Crippen LogP contribution in [0.1, 0.15) is 31.4 Å². The van der Waals surface area contributed by atoms with Crippen molar-refractivity contribution < 1.29 is 9.84 Å². The van der Waals surface area contributed by atoms with Crippen LogP contribution >= 0.6 is 15.9 Å². The minimum atomic E-state index is 0.149. The van der Waals surface area contributed by atoms with Crippen LogP contribution in [0.3, 0.4) is 0 Å². The summed E-state index contributed by atoms with van der Waals surface area (Å²) in [5, 5.41) is 8.87. The number of morpholine rings is 1. The molecule has 1 heterocycles. The summed E-state index contributed by atoms with van der Waals surface area (Å²) in [5.41, 5.74) is 1.24. The zero-order valence-corrected chi connectivity index (χ0v) is 13.0. The van der Waals surface area contributed by atoms with Crippen LogP contribution in [0.5, 0.6) is 0 Å². The standard InChI is InChI=1S/C15H22BrNO2/c1-12-15(13-4-6-14(16)7-5-13)19-11-9-17(12)8-2-3-10-18/h4-7,12,15,18H,2-3,8-11H2,1H3. The van der Waals surface area contributed by atoms with Crippen molar-refractivity contribution in [1.29, 1.82) is 0 Å². The lowest BCUT2D eigenvalue weighted by Crippen LogP contribution is -2.45. The van der Waals surface area contributed by atoms with Crippen LogP contribution in [0.25, 0.3) is 0 Å².